The van der Waals surface area contributed by atoms with Crippen LogP contribution in [0.3, 0.4) is 0 Å². The lowest BCUT2D eigenvalue weighted by Crippen LogP contribution is -2.40. The smallest absolute Gasteiger partial charge is 0.243 e. The van der Waals surface area contributed by atoms with Crippen molar-refractivity contribution in [3.63, 3.8) is 0 Å². The maximum Gasteiger partial charge on any atom is 0.243 e. The molecular formula is C22H19Cl3N2O3S. The highest BCUT2D eigenvalue weighted by Crippen LogP contribution is 2.25. The fraction of sp³-hybridized carbons (Fsp3) is 0.136. The third-order valence-corrected chi connectivity index (χ3v) is 7.24. The van der Waals surface area contributed by atoms with Gasteiger partial charge in [-0.05, 0) is 47.5 Å². The van der Waals surface area contributed by atoms with Crippen LogP contribution in [-0.4, -0.2) is 25.2 Å². The van der Waals surface area contributed by atoms with E-state index in [1.54, 1.807) is 60.7 Å². The van der Waals surface area contributed by atoms with Gasteiger partial charge in [-0.1, -0.05) is 71.2 Å². The summed E-state index contributed by atoms with van der Waals surface area (Å²) in [5.74, 6) is -0.436. The lowest BCUT2D eigenvalue weighted by Gasteiger charge is -2.22. The first kappa shape index (κ1) is 23.6. The number of carbonyl (C=O) groups excluding carboxylic acids is 1. The normalized spacial score (nSPS) is 11.5. The number of amides is 1. The van der Waals surface area contributed by atoms with E-state index in [9.17, 15) is 13.2 Å². The number of hydrogen-bond acceptors (Lipinski definition) is 3. The van der Waals surface area contributed by atoms with Crippen molar-refractivity contribution in [3.8, 4) is 0 Å². The summed E-state index contributed by atoms with van der Waals surface area (Å²) in [6.45, 7) is -0.143. The van der Waals surface area contributed by atoms with Crippen molar-refractivity contribution < 1.29 is 13.2 Å². The molecule has 162 valence electrons. The summed E-state index contributed by atoms with van der Waals surface area (Å²) in [6.07, 6.45) is 0. The lowest BCUT2D eigenvalue weighted by atomic mass is 10.2. The summed E-state index contributed by atoms with van der Waals surface area (Å²) in [5.41, 5.74) is 1.46. The van der Waals surface area contributed by atoms with E-state index in [-0.39, 0.29) is 24.5 Å². The number of rotatable bonds is 8. The lowest BCUT2D eigenvalue weighted by molar-refractivity contribution is -0.121. The average molecular weight is 498 g/mol. The molecule has 0 radical (unpaired) electrons. The van der Waals surface area contributed by atoms with Crippen molar-refractivity contribution in [2.45, 2.75) is 18.0 Å². The fourth-order valence-corrected chi connectivity index (χ4v) is 4.68. The van der Waals surface area contributed by atoms with Gasteiger partial charge in [-0.15, -0.1) is 0 Å². The Kier molecular flexibility index (Phi) is 7.97. The molecule has 0 aliphatic carbocycles. The predicted octanol–water partition coefficient (Wildman–Crippen LogP) is 5.15. The monoisotopic (exact) mass is 496 g/mol. The maximum atomic E-state index is 13.2. The van der Waals surface area contributed by atoms with Crippen molar-refractivity contribution in [1.29, 1.82) is 0 Å². The van der Waals surface area contributed by atoms with Gasteiger partial charge in [0, 0.05) is 18.1 Å². The Balaban J connectivity index is 1.80. The second kappa shape index (κ2) is 10.5. The summed E-state index contributed by atoms with van der Waals surface area (Å²) in [7, 11) is -3.93. The molecule has 1 N–H and O–H groups in total. The van der Waals surface area contributed by atoms with E-state index >= 15 is 0 Å². The topological polar surface area (TPSA) is 66.5 Å². The van der Waals surface area contributed by atoms with Crippen molar-refractivity contribution in [2.75, 3.05) is 6.54 Å². The van der Waals surface area contributed by atoms with Crippen molar-refractivity contribution >= 4 is 50.7 Å². The third kappa shape index (κ3) is 6.45. The number of nitrogens with one attached hydrogen (secondary N) is 1. The fourth-order valence-electron chi connectivity index (χ4n) is 2.83. The summed E-state index contributed by atoms with van der Waals surface area (Å²) in [6, 6.07) is 19.8. The largest absolute Gasteiger partial charge is 0.351 e. The van der Waals surface area contributed by atoms with Gasteiger partial charge >= 0.3 is 0 Å². The molecule has 0 unspecified atom stereocenters. The number of hydrogen-bond donors (Lipinski definition) is 1. The summed E-state index contributed by atoms with van der Waals surface area (Å²) in [4.78, 5) is 12.7. The van der Waals surface area contributed by atoms with Crippen LogP contribution in [0.4, 0.5) is 0 Å². The second-order valence-electron chi connectivity index (χ2n) is 6.74. The molecule has 0 aliphatic rings. The molecule has 0 atom stereocenters. The molecule has 3 aromatic rings. The summed E-state index contributed by atoms with van der Waals surface area (Å²) in [5, 5.41) is 4.01. The highest BCUT2D eigenvalue weighted by atomic mass is 35.5. The molecule has 0 saturated heterocycles. The number of halogens is 3. The zero-order valence-electron chi connectivity index (χ0n) is 16.3. The first-order valence-electron chi connectivity index (χ1n) is 9.26. The number of sulfonamides is 1. The molecule has 0 aliphatic heterocycles. The van der Waals surface area contributed by atoms with Gasteiger partial charge < -0.3 is 5.32 Å². The summed E-state index contributed by atoms with van der Waals surface area (Å²) >= 11 is 17.9. The predicted molar refractivity (Wildman–Crippen MR) is 124 cm³/mol. The maximum absolute atomic E-state index is 13.2. The van der Waals surface area contributed by atoms with E-state index in [0.717, 1.165) is 9.87 Å². The Labute approximate surface area is 196 Å². The van der Waals surface area contributed by atoms with Crippen molar-refractivity contribution in [2.24, 2.45) is 0 Å². The Morgan fingerprint density at radius 2 is 1.48 bits per heavy atom. The van der Waals surface area contributed by atoms with Crippen LogP contribution in [0.5, 0.6) is 0 Å². The molecule has 9 heteroatoms. The number of nitrogens with zero attached hydrogens (tertiary/aromatic N) is 1. The minimum absolute atomic E-state index is 0.0392. The van der Waals surface area contributed by atoms with Crippen LogP contribution in [0.2, 0.25) is 15.1 Å². The van der Waals surface area contributed by atoms with Gasteiger partial charge in [0.1, 0.15) is 0 Å². The van der Waals surface area contributed by atoms with E-state index in [1.165, 1.54) is 12.1 Å². The van der Waals surface area contributed by atoms with Gasteiger partial charge in [0.15, 0.2) is 0 Å². The Morgan fingerprint density at radius 1 is 0.839 bits per heavy atom. The van der Waals surface area contributed by atoms with Crippen LogP contribution < -0.4 is 5.32 Å². The quantitative estimate of drug-likeness (QED) is 0.468. The SMILES string of the molecule is O=C(CN(Cc1ccc(Cl)c(Cl)c1)S(=O)(=O)c1ccccc1)NCc1ccc(Cl)cc1. The minimum atomic E-state index is -3.93. The van der Waals surface area contributed by atoms with Gasteiger partial charge in [0.05, 0.1) is 21.5 Å². The minimum Gasteiger partial charge on any atom is -0.351 e. The van der Waals surface area contributed by atoms with Gasteiger partial charge in [-0.3, -0.25) is 4.79 Å². The molecule has 0 saturated carbocycles. The highest BCUT2D eigenvalue weighted by Gasteiger charge is 2.27. The molecule has 5 nitrogen and oxygen atoms in total. The van der Waals surface area contributed by atoms with Crippen LogP contribution >= 0.6 is 34.8 Å². The molecule has 1 amide bonds. The molecule has 0 bridgehead atoms. The molecular weight excluding hydrogens is 479 g/mol. The van der Waals surface area contributed by atoms with Crippen molar-refractivity contribution in [1.82, 2.24) is 9.62 Å². The molecule has 0 fully saturated rings. The second-order valence-corrected chi connectivity index (χ2v) is 9.93. The summed E-state index contributed by atoms with van der Waals surface area (Å²) < 4.78 is 27.5. The van der Waals surface area contributed by atoms with Gasteiger partial charge in [0.2, 0.25) is 15.9 Å². The molecule has 0 heterocycles. The van der Waals surface area contributed by atoms with E-state index in [1.807, 2.05) is 0 Å². The first-order chi connectivity index (χ1) is 14.8. The first-order valence-corrected chi connectivity index (χ1v) is 11.8. The molecule has 31 heavy (non-hydrogen) atoms. The average Bonchev–Trinajstić information content (AvgIpc) is 2.76. The number of carbonyl (C=O) groups is 1. The molecule has 0 aromatic heterocycles. The van der Waals surface area contributed by atoms with Crippen LogP contribution in [0.1, 0.15) is 11.1 Å². The Hall–Kier alpha value is -2.09. The van der Waals surface area contributed by atoms with Gasteiger partial charge in [0.25, 0.3) is 0 Å². The standard InChI is InChI=1S/C22H19Cl3N2O3S/c23-18-9-6-16(7-10-18)13-26-22(28)15-27(14-17-8-11-20(24)21(25)12-17)31(29,30)19-4-2-1-3-5-19/h1-12H,13-15H2,(H,26,28). The van der Waals surface area contributed by atoms with Crippen LogP contribution in [-0.2, 0) is 27.9 Å². The van der Waals surface area contributed by atoms with E-state index in [2.05, 4.69) is 5.32 Å². The zero-order chi connectivity index (χ0) is 22.4. The van der Waals surface area contributed by atoms with E-state index < -0.39 is 15.9 Å². The highest BCUT2D eigenvalue weighted by molar-refractivity contribution is 7.89. The molecule has 0 spiro atoms. The van der Waals surface area contributed by atoms with Crippen molar-refractivity contribution in [3.05, 3.63) is 99.0 Å². The van der Waals surface area contributed by atoms with Crippen LogP contribution in [0.15, 0.2) is 77.7 Å². The molecule has 3 rings (SSSR count). The van der Waals surface area contributed by atoms with E-state index in [4.69, 9.17) is 34.8 Å². The molecule has 3 aromatic carbocycles. The number of benzene rings is 3. The van der Waals surface area contributed by atoms with E-state index in [0.29, 0.717) is 20.6 Å². The van der Waals surface area contributed by atoms with Crippen LogP contribution in [0.25, 0.3) is 0 Å². The van der Waals surface area contributed by atoms with Gasteiger partial charge in [-0.25, -0.2) is 8.42 Å². The Bertz CT molecular complexity index is 1150. The zero-order valence-corrected chi connectivity index (χ0v) is 19.3. The van der Waals surface area contributed by atoms with Gasteiger partial charge in [-0.2, -0.15) is 4.31 Å². The third-order valence-electron chi connectivity index (χ3n) is 4.45. The Morgan fingerprint density at radius 3 is 2.13 bits per heavy atom. The van der Waals surface area contributed by atoms with Crippen LogP contribution in [0, 0.1) is 0 Å².